The lowest BCUT2D eigenvalue weighted by molar-refractivity contribution is -0.123. The second-order valence-corrected chi connectivity index (χ2v) is 7.37. The lowest BCUT2D eigenvalue weighted by atomic mass is 10.0. The van der Waals surface area contributed by atoms with Crippen molar-refractivity contribution in [3.05, 3.63) is 34.8 Å². The number of carbonyl (C=O) groups is 2. The molecular weight excluding hydrogens is 338 g/mol. The van der Waals surface area contributed by atoms with Crippen LogP contribution in [0.2, 0.25) is 0 Å². The van der Waals surface area contributed by atoms with Gasteiger partial charge in [-0.3, -0.25) is 14.9 Å². The van der Waals surface area contributed by atoms with Gasteiger partial charge < -0.3 is 9.64 Å². The summed E-state index contributed by atoms with van der Waals surface area (Å²) >= 11 is 1.54. The van der Waals surface area contributed by atoms with Gasteiger partial charge in [0, 0.05) is 11.8 Å². The summed E-state index contributed by atoms with van der Waals surface area (Å²) in [5.74, 6) is 0.160. The lowest BCUT2D eigenvalue weighted by Gasteiger charge is -2.33. The summed E-state index contributed by atoms with van der Waals surface area (Å²) in [7, 11) is 0. The molecule has 2 heterocycles. The first-order chi connectivity index (χ1) is 12.1. The van der Waals surface area contributed by atoms with E-state index in [4.69, 9.17) is 4.74 Å². The third-order valence-corrected chi connectivity index (χ3v) is 5.59. The molecule has 130 valence electrons. The van der Waals surface area contributed by atoms with Crippen molar-refractivity contribution in [3.8, 4) is 5.75 Å². The maximum atomic E-state index is 12.7. The van der Waals surface area contributed by atoms with Crippen LogP contribution in [0.4, 0.5) is 10.8 Å². The molecule has 0 saturated carbocycles. The number of rotatable bonds is 2. The van der Waals surface area contributed by atoms with Crippen molar-refractivity contribution >= 4 is 34.0 Å². The number of ether oxygens (including phenoxy) is 1. The highest BCUT2D eigenvalue weighted by Gasteiger charge is 2.33. The van der Waals surface area contributed by atoms with Crippen LogP contribution in [-0.2, 0) is 22.4 Å². The van der Waals surface area contributed by atoms with Gasteiger partial charge in [0.15, 0.2) is 11.2 Å². The summed E-state index contributed by atoms with van der Waals surface area (Å²) in [6, 6.07) is 7.26. The van der Waals surface area contributed by atoms with Crippen molar-refractivity contribution in [2.75, 3.05) is 16.8 Å². The number of fused-ring (bicyclic) bond motifs is 2. The van der Waals surface area contributed by atoms with E-state index in [9.17, 15) is 9.59 Å². The minimum absolute atomic E-state index is 0.113. The molecule has 7 heteroatoms. The monoisotopic (exact) mass is 357 g/mol. The second kappa shape index (κ2) is 6.48. The SMILES string of the molecule is CC(=O)N1C[C@H](C(=O)Nc2nc3c(s2)CCCC3)Oc2ccccc21. The molecular formula is C18H19N3O3S. The Bertz CT molecular complexity index is 809. The van der Waals surface area contributed by atoms with Crippen molar-refractivity contribution in [1.82, 2.24) is 4.98 Å². The molecule has 6 nitrogen and oxygen atoms in total. The van der Waals surface area contributed by atoms with E-state index in [0.29, 0.717) is 16.6 Å². The fourth-order valence-electron chi connectivity index (χ4n) is 3.26. The van der Waals surface area contributed by atoms with E-state index in [1.807, 2.05) is 18.2 Å². The Balaban J connectivity index is 1.52. The summed E-state index contributed by atoms with van der Waals surface area (Å²) < 4.78 is 5.82. The highest BCUT2D eigenvalue weighted by molar-refractivity contribution is 7.15. The van der Waals surface area contributed by atoms with Crippen molar-refractivity contribution in [1.29, 1.82) is 0 Å². The normalized spacial score (nSPS) is 18.8. The van der Waals surface area contributed by atoms with E-state index in [0.717, 1.165) is 25.0 Å². The second-order valence-electron chi connectivity index (χ2n) is 6.29. The Morgan fingerprint density at radius 1 is 1.28 bits per heavy atom. The molecule has 1 aliphatic carbocycles. The van der Waals surface area contributed by atoms with Gasteiger partial charge in [0.05, 0.1) is 17.9 Å². The Morgan fingerprint density at radius 2 is 2.08 bits per heavy atom. The van der Waals surface area contributed by atoms with Crippen LogP contribution in [0.5, 0.6) is 5.75 Å². The summed E-state index contributed by atoms with van der Waals surface area (Å²) in [5.41, 5.74) is 1.80. The van der Waals surface area contributed by atoms with Gasteiger partial charge in [-0.15, -0.1) is 11.3 Å². The zero-order chi connectivity index (χ0) is 17.4. The van der Waals surface area contributed by atoms with Crippen LogP contribution in [0.1, 0.15) is 30.3 Å². The fourth-order valence-corrected chi connectivity index (χ4v) is 4.31. The van der Waals surface area contributed by atoms with Gasteiger partial charge in [-0.1, -0.05) is 12.1 Å². The molecule has 4 rings (SSSR count). The topological polar surface area (TPSA) is 71.5 Å². The van der Waals surface area contributed by atoms with E-state index in [1.54, 1.807) is 22.3 Å². The number of aromatic nitrogens is 1. The van der Waals surface area contributed by atoms with Gasteiger partial charge in [-0.2, -0.15) is 0 Å². The Labute approximate surface area is 149 Å². The molecule has 2 aromatic rings. The highest BCUT2D eigenvalue weighted by Crippen LogP contribution is 2.34. The van der Waals surface area contributed by atoms with E-state index in [-0.39, 0.29) is 18.4 Å². The smallest absolute Gasteiger partial charge is 0.269 e. The Kier molecular flexibility index (Phi) is 4.17. The van der Waals surface area contributed by atoms with Gasteiger partial charge in [0.1, 0.15) is 5.75 Å². The predicted octanol–water partition coefficient (Wildman–Crippen LogP) is 2.77. The van der Waals surface area contributed by atoms with Crippen LogP contribution in [0.3, 0.4) is 0 Å². The molecule has 0 saturated heterocycles. The molecule has 0 unspecified atom stereocenters. The molecule has 0 fully saturated rings. The number of aryl methyl sites for hydroxylation is 2. The van der Waals surface area contributed by atoms with E-state index in [2.05, 4.69) is 10.3 Å². The molecule has 2 amide bonds. The Morgan fingerprint density at radius 3 is 2.88 bits per heavy atom. The van der Waals surface area contributed by atoms with E-state index in [1.165, 1.54) is 18.2 Å². The summed E-state index contributed by atoms with van der Waals surface area (Å²) in [5, 5.41) is 3.48. The van der Waals surface area contributed by atoms with E-state index < -0.39 is 6.10 Å². The molecule has 0 bridgehead atoms. The summed E-state index contributed by atoms with van der Waals surface area (Å²) in [4.78, 5) is 32.0. The number of thiazole rings is 1. The minimum atomic E-state index is -0.750. The first-order valence-corrected chi connectivity index (χ1v) is 9.26. The average Bonchev–Trinajstić information content (AvgIpc) is 3.02. The van der Waals surface area contributed by atoms with Crippen LogP contribution in [-0.4, -0.2) is 29.4 Å². The van der Waals surface area contributed by atoms with E-state index >= 15 is 0 Å². The molecule has 25 heavy (non-hydrogen) atoms. The number of amides is 2. The van der Waals surface area contributed by atoms with Crippen LogP contribution < -0.4 is 15.0 Å². The van der Waals surface area contributed by atoms with Gasteiger partial charge >= 0.3 is 0 Å². The molecule has 1 N–H and O–H groups in total. The van der Waals surface area contributed by atoms with Gasteiger partial charge in [-0.25, -0.2) is 4.98 Å². The third-order valence-electron chi connectivity index (χ3n) is 4.52. The minimum Gasteiger partial charge on any atom is -0.476 e. The van der Waals surface area contributed by atoms with Crippen LogP contribution in [0, 0.1) is 0 Å². The predicted molar refractivity (Wildman–Crippen MR) is 96.3 cm³/mol. The maximum Gasteiger partial charge on any atom is 0.269 e. The average molecular weight is 357 g/mol. The van der Waals surface area contributed by atoms with Crippen molar-refractivity contribution in [3.63, 3.8) is 0 Å². The first-order valence-electron chi connectivity index (χ1n) is 8.45. The molecule has 1 aromatic carbocycles. The third kappa shape index (κ3) is 3.11. The number of nitrogens with zero attached hydrogens (tertiary/aromatic N) is 2. The number of para-hydroxylation sites is 2. The van der Waals surface area contributed by atoms with Gasteiger partial charge in [0.25, 0.3) is 5.91 Å². The van der Waals surface area contributed by atoms with Crippen molar-refractivity contribution in [2.24, 2.45) is 0 Å². The lowest BCUT2D eigenvalue weighted by Crippen LogP contribution is -2.48. The highest BCUT2D eigenvalue weighted by atomic mass is 32.1. The van der Waals surface area contributed by atoms with Crippen LogP contribution >= 0.6 is 11.3 Å². The first kappa shape index (κ1) is 16.1. The number of anilines is 2. The molecule has 1 aliphatic heterocycles. The number of hydrogen-bond acceptors (Lipinski definition) is 5. The molecule has 0 radical (unpaired) electrons. The zero-order valence-electron chi connectivity index (χ0n) is 13.9. The van der Waals surface area contributed by atoms with Crippen LogP contribution in [0.15, 0.2) is 24.3 Å². The van der Waals surface area contributed by atoms with Crippen molar-refractivity contribution < 1.29 is 14.3 Å². The zero-order valence-corrected chi connectivity index (χ0v) is 14.8. The fraction of sp³-hybridized carbons (Fsp3) is 0.389. The number of benzene rings is 1. The van der Waals surface area contributed by atoms with Gasteiger partial charge in [-0.05, 0) is 37.8 Å². The van der Waals surface area contributed by atoms with Crippen molar-refractivity contribution in [2.45, 2.75) is 38.7 Å². The maximum absolute atomic E-state index is 12.7. The molecule has 0 spiro atoms. The molecule has 1 aromatic heterocycles. The quantitative estimate of drug-likeness (QED) is 0.897. The molecule has 2 aliphatic rings. The number of nitrogens with one attached hydrogen (secondary N) is 1. The summed E-state index contributed by atoms with van der Waals surface area (Å²) in [6.45, 7) is 1.69. The Hall–Kier alpha value is -2.41. The van der Waals surface area contributed by atoms with Gasteiger partial charge in [0.2, 0.25) is 5.91 Å². The summed E-state index contributed by atoms with van der Waals surface area (Å²) in [6.07, 6.45) is 3.60. The number of hydrogen-bond donors (Lipinski definition) is 1. The standard InChI is InChI=1S/C18H19N3O3S/c1-11(22)21-10-15(24-14-8-4-3-7-13(14)21)17(23)20-18-19-12-6-2-5-9-16(12)25-18/h3-4,7-8,15H,2,5-6,9-10H2,1H3,(H,19,20,23)/t15-/m1/s1. The van der Waals surface area contributed by atoms with Crippen LogP contribution in [0.25, 0.3) is 0 Å². The largest absolute Gasteiger partial charge is 0.476 e. The number of carbonyl (C=O) groups excluding carboxylic acids is 2. The molecule has 1 atom stereocenters.